The maximum absolute atomic E-state index is 13.1. The minimum atomic E-state index is -3.90. The van der Waals surface area contributed by atoms with E-state index in [9.17, 15) is 18.3 Å². The number of benzene rings is 1. The van der Waals surface area contributed by atoms with Gasteiger partial charge in [-0.2, -0.15) is 0 Å². The minimum Gasteiger partial charge on any atom is -0.394 e. The zero-order valence-electron chi connectivity index (χ0n) is 16.4. The first kappa shape index (κ1) is 23.1. The molecule has 2 aromatic rings. The van der Waals surface area contributed by atoms with E-state index in [1.54, 1.807) is 25.1 Å². The fraction of sp³-hybridized carbons (Fsp3) is 0.421. The van der Waals surface area contributed by atoms with Gasteiger partial charge in [0.15, 0.2) is 0 Å². The highest BCUT2D eigenvalue weighted by Gasteiger charge is 2.55. The highest BCUT2D eigenvalue weighted by Crippen LogP contribution is 2.48. The Kier molecular flexibility index (Phi) is 6.54. The zero-order valence-corrected chi connectivity index (χ0v) is 19.6. The third-order valence-electron chi connectivity index (χ3n) is 5.24. The molecular weight excluding hydrogens is 498 g/mol. The molecule has 1 aromatic heterocycles. The highest BCUT2D eigenvalue weighted by atomic mass is 79.9. The number of nitrogens with one attached hydrogen (secondary N) is 2. The van der Waals surface area contributed by atoms with Crippen LogP contribution in [0.15, 0.2) is 33.7 Å². The molecule has 1 fully saturated rings. The van der Waals surface area contributed by atoms with Crippen molar-refractivity contribution in [3.63, 3.8) is 0 Å². The number of aliphatic hydroxyl groups is 2. The lowest BCUT2D eigenvalue weighted by atomic mass is 10.2. The predicted molar refractivity (Wildman–Crippen MR) is 121 cm³/mol. The molecule has 11 heteroatoms. The van der Waals surface area contributed by atoms with Gasteiger partial charge in [-0.1, -0.05) is 27.5 Å². The molecule has 0 saturated heterocycles. The van der Waals surface area contributed by atoms with Gasteiger partial charge in [-0.15, -0.1) is 0 Å². The number of aliphatic hydroxyl groups excluding tert-OH is 2. The summed E-state index contributed by atoms with van der Waals surface area (Å²) in [4.78, 5) is 12.5. The summed E-state index contributed by atoms with van der Waals surface area (Å²) in [6, 6.07) is 5.16. The average Bonchev–Trinajstić information content (AvgIpc) is 3.45. The average molecular weight is 521 g/mol. The molecule has 1 aromatic carbocycles. The van der Waals surface area contributed by atoms with Crippen molar-refractivity contribution < 1.29 is 18.6 Å². The van der Waals surface area contributed by atoms with Crippen molar-refractivity contribution >= 4 is 54.6 Å². The summed E-state index contributed by atoms with van der Waals surface area (Å²) in [5, 5.41) is 22.3. The monoisotopic (exact) mass is 519 g/mol. The molecule has 4 N–H and O–H groups in total. The van der Waals surface area contributed by atoms with Gasteiger partial charge in [0.25, 0.3) is 5.56 Å². The lowest BCUT2D eigenvalue weighted by Gasteiger charge is -2.23. The van der Waals surface area contributed by atoms with Crippen LogP contribution in [0.4, 0.5) is 17.1 Å². The lowest BCUT2D eigenvalue weighted by molar-refractivity contribution is 0.0858. The van der Waals surface area contributed by atoms with Crippen molar-refractivity contribution in [2.75, 3.05) is 16.6 Å². The molecule has 164 valence electrons. The topological polar surface area (TPSA) is 121 Å². The highest BCUT2D eigenvalue weighted by molar-refractivity contribution is 9.10. The van der Waals surface area contributed by atoms with Crippen LogP contribution in [0.1, 0.15) is 24.8 Å². The second-order valence-electron chi connectivity index (χ2n) is 7.54. The second kappa shape index (κ2) is 8.51. The van der Waals surface area contributed by atoms with Crippen LogP contribution in [0, 0.1) is 6.92 Å². The molecule has 3 rings (SSSR count). The molecular formula is C19H23BrClN3O5S. The second-order valence-corrected chi connectivity index (χ2v) is 10.9. The number of pyridine rings is 1. The van der Waals surface area contributed by atoms with Crippen LogP contribution in [0.5, 0.6) is 0 Å². The number of rotatable bonds is 8. The molecule has 30 heavy (non-hydrogen) atoms. The Balaban J connectivity index is 2.01. The van der Waals surface area contributed by atoms with Crippen LogP contribution < -0.4 is 15.6 Å². The molecule has 0 radical (unpaired) electrons. The van der Waals surface area contributed by atoms with Crippen molar-refractivity contribution in [1.82, 2.24) is 4.57 Å². The third-order valence-corrected chi connectivity index (χ3v) is 8.25. The molecule has 0 aliphatic heterocycles. The molecule has 1 saturated carbocycles. The predicted octanol–water partition coefficient (Wildman–Crippen LogP) is 2.87. The minimum absolute atomic E-state index is 0.0646. The first-order chi connectivity index (χ1) is 14.0. The molecule has 0 amide bonds. The van der Waals surface area contributed by atoms with Crippen molar-refractivity contribution in [2.45, 2.75) is 37.0 Å². The quantitative estimate of drug-likeness (QED) is 0.425. The fourth-order valence-electron chi connectivity index (χ4n) is 3.32. The molecule has 0 spiro atoms. The van der Waals surface area contributed by atoms with Crippen molar-refractivity contribution in [3.8, 4) is 0 Å². The standard InChI is InChI=1S/C19H23BrClN3O5S/c1-11-17(22-15-4-3-12(20)7-14(15)21)16(9-24(2)18(11)27)23-30(28,29)19(5-6-19)8-13(26)10-25/h3-4,7,9,13,22-23,25-26H,5-6,8,10H2,1-2H3. The van der Waals surface area contributed by atoms with Gasteiger partial charge in [-0.3, -0.25) is 9.52 Å². The third kappa shape index (κ3) is 4.52. The normalized spacial score (nSPS) is 16.2. The van der Waals surface area contributed by atoms with Crippen LogP contribution in [0.2, 0.25) is 5.02 Å². The van der Waals surface area contributed by atoms with E-state index in [1.807, 2.05) is 0 Å². The number of hydrogen-bond acceptors (Lipinski definition) is 6. The van der Waals surface area contributed by atoms with Crippen LogP contribution in [0.3, 0.4) is 0 Å². The fourth-order valence-corrected chi connectivity index (χ4v) is 5.76. The Labute approximate surface area is 188 Å². The van der Waals surface area contributed by atoms with Crippen LogP contribution in [-0.2, 0) is 17.1 Å². The van der Waals surface area contributed by atoms with Crippen LogP contribution in [0.25, 0.3) is 0 Å². The van der Waals surface area contributed by atoms with Gasteiger partial charge in [0.1, 0.15) is 0 Å². The summed E-state index contributed by atoms with van der Waals surface area (Å²) >= 11 is 9.61. The maximum Gasteiger partial charge on any atom is 0.255 e. The van der Waals surface area contributed by atoms with E-state index in [4.69, 9.17) is 16.7 Å². The molecule has 1 aliphatic rings. The number of halogens is 2. The Morgan fingerprint density at radius 2 is 2.00 bits per heavy atom. The van der Waals surface area contributed by atoms with E-state index >= 15 is 0 Å². The number of sulfonamides is 1. The zero-order chi connectivity index (χ0) is 22.3. The van der Waals surface area contributed by atoms with Gasteiger partial charge in [-0.05, 0) is 44.4 Å². The number of anilines is 3. The molecule has 1 heterocycles. The summed E-state index contributed by atoms with van der Waals surface area (Å²) in [7, 11) is -2.37. The van der Waals surface area contributed by atoms with Crippen LogP contribution in [-0.4, -0.2) is 40.7 Å². The van der Waals surface area contributed by atoms with Crippen molar-refractivity contribution in [2.24, 2.45) is 7.05 Å². The van der Waals surface area contributed by atoms with Gasteiger partial charge in [0.05, 0.1) is 39.5 Å². The van der Waals surface area contributed by atoms with E-state index < -0.39 is 27.5 Å². The smallest absolute Gasteiger partial charge is 0.255 e. The summed E-state index contributed by atoms with van der Waals surface area (Å²) in [6.45, 7) is 1.09. The maximum atomic E-state index is 13.1. The first-order valence-electron chi connectivity index (χ1n) is 9.23. The number of aryl methyl sites for hydroxylation is 1. The van der Waals surface area contributed by atoms with Gasteiger partial charge in [-0.25, -0.2) is 8.42 Å². The Bertz CT molecular complexity index is 1130. The number of aromatic nitrogens is 1. The van der Waals surface area contributed by atoms with Gasteiger partial charge < -0.3 is 20.1 Å². The van der Waals surface area contributed by atoms with E-state index in [1.165, 1.54) is 17.8 Å². The summed E-state index contributed by atoms with van der Waals surface area (Å²) in [5.74, 6) is 0. The van der Waals surface area contributed by atoms with Gasteiger partial charge >= 0.3 is 0 Å². The molecule has 8 nitrogen and oxygen atoms in total. The summed E-state index contributed by atoms with van der Waals surface area (Å²) in [6.07, 6.45) is 0.979. The molecule has 1 unspecified atom stereocenters. The van der Waals surface area contributed by atoms with Gasteiger partial charge in [0, 0.05) is 23.3 Å². The van der Waals surface area contributed by atoms with E-state index in [0.717, 1.165) is 4.47 Å². The SMILES string of the molecule is Cc1c(Nc2ccc(Br)cc2Cl)c(NS(=O)(=O)C2(CC(O)CO)CC2)cn(C)c1=O. The largest absolute Gasteiger partial charge is 0.394 e. The number of hydrogen-bond donors (Lipinski definition) is 4. The Hall–Kier alpha value is -1.59. The van der Waals surface area contributed by atoms with E-state index in [0.29, 0.717) is 34.8 Å². The van der Waals surface area contributed by atoms with Crippen LogP contribution >= 0.6 is 27.5 Å². The lowest BCUT2D eigenvalue weighted by Crippen LogP contribution is -2.35. The van der Waals surface area contributed by atoms with E-state index in [-0.39, 0.29) is 17.7 Å². The number of nitrogens with zero attached hydrogens (tertiary/aromatic N) is 1. The Morgan fingerprint density at radius 1 is 1.33 bits per heavy atom. The van der Waals surface area contributed by atoms with E-state index in [2.05, 4.69) is 26.0 Å². The summed E-state index contributed by atoms with van der Waals surface area (Å²) in [5.41, 5.74) is 1.03. The van der Waals surface area contributed by atoms with Crippen molar-refractivity contribution in [1.29, 1.82) is 0 Å². The molecule has 1 atom stereocenters. The van der Waals surface area contributed by atoms with Gasteiger partial charge in [0.2, 0.25) is 10.0 Å². The van der Waals surface area contributed by atoms with Crippen molar-refractivity contribution in [3.05, 3.63) is 49.8 Å². The summed E-state index contributed by atoms with van der Waals surface area (Å²) < 4.78 is 29.7. The molecule has 1 aliphatic carbocycles. The molecule has 0 bridgehead atoms. The first-order valence-corrected chi connectivity index (χ1v) is 11.9. The Morgan fingerprint density at radius 3 is 2.57 bits per heavy atom.